The van der Waals surface area contributed by atoms with Crippen LogP contribution in [0.2, 0.25) is 5.02 Å². The molecule has 1 heterocycles. The number of anilines is 2. The van der Waals surface area contributed by atoms with Gasteiger partial charge in [0.25, 0.3) is 15.9 Å². The highest BCUT2D eigenvalue weighted by molar-refractivity contribution is 7.92. The van der Waals surface area contributed by atoms with Crippen molar-refractivity contribution in [3.8, 4) is 5.75 Å². The molecule has 3 rings (SSSR count). The van der Waals surface area contributed by atoms with Crippen molar-refractivity contribution >= 4 is 50.8 Å². The predicted octanol–water partition coefficient (Wildman–Crippen LogP) is 1.05. The number of nitrogens with one attached hydrogen (secondary N) is 1. The number of sulfonamides is 1. The van der Waals surface area contributed by atoms with Crippen LogP contribution in [0.1, 0.15) is 10.4 Å². The molecule has 0 spiro atoms. The van der Waals surface area contributed by atoms with Crippen LogP contribution in [-0.2, 0) is 19.6 Å². The molecule has 12 heteroatoms. The van der Waals surface area contributed by atoms with E-state index in [0.717, 1.165) is 11.0 Å². The van der Waals surface area contributed by atoms with Gasteiger partial charge in [-0.25, -0.2) is 8.42 Å². The molecule has 0 unspecified atom stereocenters. The van der Waals surface area contributed by atoms with Gasteiger partial charge in [-0.2, -0.15) is 0 Å². The standard InChI is InChI=1S/C17H14ClN3O7S/c18-12-3-1-9(5-11(12)17(19)25)20-29(26,27)10-2-4-14-13(6-10)21(7-16(23)24)15(22)8-28-14/h1-6,20H,7-8H2,(H2,19,25)(H,23,24). The van der Waals surface area contributed by atoms with Gasteiger partial charge in [-0.1, -0.05) is 11.6 Å². The molecule has 0 aromatic heterocycles. The Kier molecular flexibility index (Phi) is 5.36. The van der Waals surface area contributed by atoms with Gasteiger partial charge < -0.3 is 15.6 Å². The van der Waals surface area contributed by atoms with Gasteiger partial charge in [-0.05, 0) is 36.4 Å². The van der Waals surface area contributed by atoms with Crippen molar-refractivity contribution < 1.29 is 32.6 Å². The summed E-state index contributed by atoms with van der Waals surface area (Å²) < 4.78 is 33.0. The summed E-state index contributed by atoms with van der Waals surface area (Å²) >= 11 is 5.85. The van der Waals surface area contributed by atoms with Crippen molar-refractivity contribution in [2.24, 2.45) is 5.73 Å². The minimum Gasteiger partial charge on any atom is -0.482 e. The number of ether oxygens (including phenoxy) is 1. The van der Waals surface area contributed by atoms with Crippen molar-refractivity contribution in [3.05, 3.63) is 47.0 Å². The molecule has 152 valence electrons. The number of hydrogen-bond acceptors (Lipinski definition) is 6. The fraction of sp³-hybridized carbons (Fsp3) is 0.118. The molecule has 2 aromatic carbocycles. The van der Waals surface area contributed by atoms with E-state index in [9.17, 15) is 22.8 Å². The Morgan fingerprint density at radius 2 is 1.97 bits per heavy atom. The Bertz CT molecular complexity index is 1130. The van der Waals surface area contributed by atoms with E-state index in [0.29, 0.717) is 0 Å². The van der Waals surface area contributed by atoms with E-state index in [1.165, 1.54) is 30.3 Å². The van der Waals surface area contributed by atoms with Crippen LogP contribution in [-0.4, -0.2) is 44.5 Å². The van der Waals surface area contributed by atoms with E-state index in [4.69, 9.17) is 27.2 Å². The van der Waals surface area contributed by atoms with Crippen molar-refractivity contribution in [1.29, 1.82) is 0 Å². The Morgan fingerprint density at radius 1 is 1.24 bits per heavy atom. The topological polar surface area (TPSA) is 156 Å². The lowest BCUT2D eigenvalue weighted by Gasteiger charge is -2.28. The average molecular weight is 440 g/mol. The van der Waals surface area contributed by atoms with Crippen LogP contribution in [0, 0.1) is 0 Å². The minimum absolute atomic E-state index is 0.0143. The predicted molar refractivity (Wildman–Crippen MR) is 103 cm³/mol. The zero-order chi connectivity index (χ0) is 21.3. The smallest absolute Gasteiger partial charge is 0.323 e. The number of carboxylic acid groups (broad SMARTS) is 1. The molecule has 0 saturated heterocycles. The fourth-order valence-corrected chi connectivity index (χ4v) is 3.93. The van der Waals surface area contributed by atoms with Crippen LogP contribution in [0.4, 0.5) is 11.4 Å². The lowest BCUT2D eigenvalue weighted by molar-refractivity contribution is -0.137. The number of halogens is 1. The summed E-state index contributed by atoms with van der Waals surface area (Å²) in [4.78, 5) is 35.1. The Labute approximate surface area is 169 Å². The van der Waals surface area contributed by atoms with Crippen LogP contribution >= 0.6 is 11.6 Å². The number of nitrogens with two attached hydrogens (primary N) is 1. The van der Waals surface area contributed by atoms with Gasteiger partial charge in [0.2, 0.25) is 5.91 Å². The first-order valence-corrected chi connectivity index (χ1v) is 9.86. The summed E-state index contributed by atoms with van der Waals surface area (Å²) in [6.45, 7) is -1.00. The maximum absolute atomic E-state index is 12.7. The third-order valence-corrected chi connectivity index (χ3v) is 5.67. The highest BCUT2D eigenvalue weighted by Crippen LogP contribution is 2.34. The number of carbonyl (C=O) groups excluding carboxylic acids is 2. The van der Waals surface area contributed by atoms with Crippen molar-refractivity contribution in [3.63, 3.8) is 0 Å². The summed E-state index contributed by atoms with van der Waals surface area (Å²) in [6.07, 6.45) is 0. The first-order valence-electron chi connectivity index (χ1n) is 7.99. The number of benzene rings is 2. The summed E-state index contributed by atoms with van der Waals surface area (Å²) in [7, 11) is -4.16. The lowest BCUT2D eigenvalue weighted by Crippen LogP contribution is -2.42. The highest BCUT2D eigenvalue weighted by atomic mass is 35.5. The lowest BCUT2D eigenvalue weighted by atomic mass is 10.2. The van der Waals surface area contributed by atoms with E-state index < -0.39 is 34.4 Å². The normalized spacial score (nSPS) is 13.4. The minimum atomic E-state index is -4.16. The molecule has 0 atom stereocenters. The number of carboxylic acids is 1. The molecule has 0 fully saturated rings. The second-order valence-corrected chi connectivity index (χ2v) is 8.05. The van der Waals surface area contributed by atoms with E-state index in [2.05, 4.69) is 4.72 Å². The zero-order valence-corrected chi connectivity index (χ0v) is 16.2. The van der Waals surface area contributed by atoms with E-state index in [-0.39, 0.29) is 39.2 Å². The summed E-state index contributed by atoms with van der Waals surface area (Å²) in [5.41, 5.74) is 5.19. The Hall–Kier alpha value is -3.31. The van der Waals surface area contributed by atoms with E-state index in [1.54, 1.807) is 0 Å². The molecule has 0 radical (unpaired) electrons. The number of fused-ring (bicyclic) bond motifs is 1. The zero-order valence-electron chi connectivity index (χ0n) is 14.6. The van der Waals surface area contributed by atoms with Crippen molar-refractivity contribution in [1.82, 2.24) is 0 Å². The van der Waals surface area contributed by atoms with Crippen LogP contribution in [0.5, 0.6) is 5.75 Å². The van der Waals surface area contributed by atoms with Crippen LogP contribution in [0.25, 0.3) is 0 Å². The van der Waals surface area contributed by atoms with Gasteiger partial charge in [0.05, 0.1) is 21.2 Å². The largest absolute Gasteiger partial charge is 0.482 e. The van der Waals surface area contributed by atoms with Gasteiger partial charge >= 0.3 is 5.97 Å². The molecule has 0 aliphatic carbocycles. The van der Waals surface area contributed by atoms with E-state index >= 15 is 0 Å². The Balaban J connectivity index is 1.97. The summed E-state index contributed by atoms with van der Waals surface area (Å²) in [5, 5.41) is 9.08. The number of amides is 2. The van der Waals surface area contributed by atoms with Crippen LogP contribution in [0.3, 0.4) is 0 Å². The first kappa shape index (κ1) is 20.4. The molecular weight excluding hydrogens is 426 g/mol. The Morgan fingerprint density at radius 3 is 2.62 bits per heavy atom. The molecule has 4 N–H and O–H groups in total. The number of carbonyl (C=O) groups is 3. The molecule has 29 heavy (non-hydrogen) atoms. The number of hydrogen-bond donors (Lipinski definition) is 3. The molecular formula is C17H14ClN3O7S. The highest BCUT2D eigenvalue weighted by Gasteiger charge is 2.29. The number of rotatable bonds is 6. The number of primary amides is 1. The molecule has 0 saturated carbocycles. The number of nitrogens with zero attached hydrogens (tertiary/aromatic N) is 1. The molecule has 1 aliphatic heterocycles. The van der Waals surface area contributed by atoms with E-state index in [1.807, 2.05) is 0 Å². The molecule has 10 nitrogen and oxygen atoms in total. The van der Waals surface area contributed by atoms with Gasteiger partial charge in [-0.3, -0.25) is 24.0 Å². The van der Waals surface area contributed by atoms with Crippen LogP contribution in [0.15, 0.2) is 41.3 Å². The maximum atomic E-state index is 12.7. The second kappa shape index (κ2) is 7.60. The molecule has 1 aliphatic rings. The summed E-state index contributed by atoms with van der Waals surface area (Å²) in [6, 6.07) is 7.52. The van der Waals surface area contributed by atoms with Gasteiger partial charge in [-0.15, -0.1) is 0 Å². The van der Waals surface area contributed by atoms with Gasteiger partial charge in [0, 0.05) is 5.69 Å². The monoisotopic (exact) mass is 439 g/mol. The summed E-state index contributed by atoms with van der Waals surface area (Å²) in [5.74, 6) is -2.54. The quantitative estimate of drug-likeness (QED) is 0.607. The molecule has 2 aromatic rings. The average Bonchev–Trinajstić information content (AvgIpc) is 2.64. The van der Waals surface area contributed by atoms with Gasteiger partial charge in [0.1, 0.15) is 12.3 Å². The van der Waals surface area contributed by atoms with Gasteiger partial charge in [0.15, 0.2) is 6.61 Å². The third-order valence-electron chi connectivity index (χ3n) is 3.96. The molecule has 2 amide bonds. The first-order chi connectivity index (χ1) is 13.6. The fourth-order valence-electron chi connectivity index (χ4n) is 2.65. The number of aliphatic carboxylic acids is 1. The van der Waals surface area contributed by atoms with Crippen molar-refractivity contribution in [2.45, 2.75) is 4.90 Å². The maximum Gasteiger partial charge on any atom is 0.323 e. The van der Waals surface area contributed by atoms with Crippen LogP contribution < -0.4 is 20.1 Å². The van der Waals surface area contributed by atoms with Crippen molar-refractivity contribution in [2.75, 3.05) is 22.8 Å². The SMILES string of the molecule is NC(=O)c1cc(NS(=O)(=O)c2ccc3c(c2)N(CC(=O)O)C(=O)CO3)ccc1Cl. The third kappa shape index (κ3) is 4.25. The second-order valence-electron chi connectivity index (χ2n) is 5.96. The molecule has 0 bridgehead atoms.